The molecule has 4 rings (SSSR count). The van der Waals surface area contributed by atoms with Crippen molar-refractivity contribution in [3.63, 3.8) is 0 Å². The summed E-state index contributed by atoms with van der Waals surface area (Å²) in [5, 5.41) is 3.80. The molecule has 6 heteroatoms. The maximum Gasteiger partial charge on any atom is 0.267 e. The zero-order valence-corrected chi connectivity index (χ0v) is 17.5. The van der Waals surface area contributed by atoms with Crippen LogP contribution in [0.15, 0.2) is 54.6 Å². The summed E-state index contributed by atoms with van der Waals surface area (Å²) in [6.07, 6.45) is 0. The van der Waals surface area contributed by atoms with Crippen LogP contribution in [0, 0.1) is 0 Å². The molecule has 3 aromatic rings. The van der Waals surface area contributed by atoms with E-state index < -0.39 is 0 Å². The van der Waals surface area contributed by atoms with E-state index in [0.29, 0.717) is 23.8 Å². The first-order valence-corrected chi connectivity index (χ1v) is 10.5. The number of H-pyrrole nitrogens is 1. The van der Waals surface area contributed by atoms with Crippen LogP contribution in [-0.4, -0.2) is 58.8 Å². The number of benzene rings is 2. The molecule has 2 amide bonds. The highest BCUT2D eigenvalue weighted by Crippen LogP contribution is 2.19. The number of carbonyl (C=O) groups is 2. The third-order valence-electron chi connectivity index (χ3n) is 5.74. The van der Waals surface area contributed by atoms with Gasteiger partial charge in [-0.1, -0.05) is 30.3 Å². The molecule has 30 heavy (non-hydrogen) atoms. The van der Waals surface area contributed by atoms with Crippen LogP contribution >= 0.6 is 0 Å². The molecule has 6 nitrogen and oxygen atoms in total. The lowest BCUT2D eigenvalue weighted by atomic mass is 10.1. The number of carbonyl (C=O) groups excluding carboxylic acids is 2. The lowest BCUT2D eigenvalue weighted by Gasteiger charge is -2.37. The van der Waals surface area contributed by atoms with Gasteiger partial charge in [-0.2, -0.15) is 0 Å². The van der Waals surface area contributed by atoms with E-state index in [4.69, 9.17) is 0 Å². The van der Waals surface area contributed by atoms with Gasteiger partial charge in [-0.05, 0) is 43.7 Å². The quantitative estimate of drug-likeness (QED) is 0.686. The Morgan fingerprint density at radius 1 is 1.00 bits per heavy atom. The number of piperazine rings is 1. The molecule has 0 spiro atoms. The predicted molar refractivity (Wildman–Crippen MR) is 119 cm³/mol. The minimum atomic E-state index is -0.160. The first-order chi connectivity index (χ1) is 14.5. The number of aromatic nitrogens is 1. The summed E-state index contributed by atoms with van der Waals surface area (Å²) < 4.78 is 0. The maximum absolute atomic E-state index is 12.9. The van der Waals surface area contributed by atoms with Crippen molar-refractivity contribution in [3.05, 3.63) is 71.4 Å². The van der Waals surface area contributed by atoms with E-state index >= 15 is 0 Å². The van der Waals surface area contributed by atoms with Gasteiger partial charge in [-0.25, -0.2) is 0 Å². The molecule has 1 saturated heterocycles. The summed E-state index contributed by atoms with van der Waals surface area (Å²) in [6.45, 7) is 8.14. The van der Waals surface area contributed by atoms with Crippen LogP contribution < -0.4 is 5.32 Å². The summed E-state index contributed by atoms with van der Waals surface area (Å²) in [4.78, 5) is 32.9. The van der Waals surface area contributed by atoms with Gasteiger partial charge in [0.2, 0.25) is 0 Å². The van der Waals surface area contributed by atoms with Gasteiger partial charge in [-0.3, -0.25) is 14.5 Å². The zero-order chi connectivity index (χ0) is 21.1. The van der Waals surface area contributed by atoms with Crippen molar-refractivity contribution in [2.24, 2.45) is 0 Å². The van der Waals surface area contributed by atoms with Crippen LogP contribution in [0.3, 0.4) is 0 Å². The summed E-state index contributed by atoms with van der Waals surface area (Å²) in [5.41, 5.74) is 3.06. The van der Waals surface area contributed by atoms with Gasteiger partial charge in [0.05, 0.1) is 0 Å². The molecule has 0 aliphatic carbocycles. The molecule has 1 aliphatic heterocycles. The number of nitrogens with one attached hydrogen (secondary N) is 2. The molecule has 0 atom stereocenters. The van der Waals surface area contributed by atoms with E-state index in [-0.39, 0.29) is 11.8 Å². The van der Waals surface area contributed by atoms with Gasteiger partial charge in [0.15, 0.2) is 0 Å². The normalized spacial score (nSPS) is 15.0. The minimum Gasteiger partial charge on any atom is -0.351 e. The highest BCUT2D eigenvalue weighted by Gasteiger charge is 2.23. The Morgan fingerprint density at radius 2 is 1.73 bits per heavy atom. The number of hydrogen-bond donors (Lipinski definition) is 2. The SMILES string of the molecule is CC(C)N1CCN(C(=O)c2ccc3[nH]c(C(=O)NCc4ccccc4)cc3c2)CC1. The van der Waals surface area contributed by atoms with E-state index in [0.717, 1.165) is 42.6 Å². The van der Waals surface area contributed by atoms with E-state index in [1.54, 1.807) is 0 Å². The van der Waals surface area contributed by atoms with Crippen molar-refractivity contribution in [2.75, 3.05) is 26.2 Å². The van der Waals surface area contributed by atoms with E-state index in [1.807, 2.05) is 59.5 Å². The second kappa shape index (κ2) is 8.71. The van der Waals surface area contributed by atoms with Crippen molar-refractivity contribution >= 4 is 22.7 Å². The fourth-order valence-corrected chi connectivity index (χ4v) is 3.89. The van der Waals surface area contributed by atoms with Crippen LogP contribution in [-0.2, 0) is 6.54 Å². The Labute approximate surface area is 176 Å². The van der Waals surface area contributed by atoms with Crippen LogP contribution in [0.2, 0.25) is 0 Å². The molecule has 2 heterocycles. The molecule has 2 N–H and O–H groups in total. The Morgan fingerprint density at radius 3 is 2.43 bits per heavy atom. The fraction of sp³-hybridized carbons (Fsp3) is 0.333. The number of rotatable bonds is 5. The molecule has 156 valence electrons. The number of aromatic amines is 1. The number of amides is 2. The van der Waals surface area contributed by atoms with E-state index in [9.17, 15) is 9.59 Å². The summed E-state index contributed by atoms with van der Waals surface area (Å²) >= 11 is 0. The maximum atomic E-state index is 12.9. The third-order valence-corrected chi connectivity index (χ3v) is 5.74. The molecular weight excluding hydrogens is 376 g/mol. The molecule has 0 saturated carbocycles. The van der Waals surface area contributed by atoms with Crippen LogP contribution in [0.5, 0.6) is 0 Å². The number of nitrogens with zero attached hydrogens (tertiary/aromatic N) is 2. The minimum absolute atomic E-state index is 0.0524. The van der Waals surface area contributed by atoms with Crippen molar-refractivity contribution in [1.29, 1.82) is 0 Å². The lowest BCUT2D eigenvalue weighted by molar-refractivity contribution is 0.0595. The largest absolute Gasteiger partial charge is 0.351 e. The Hall–Kier alpha value is -3.12. The average Bonchev–Trinajstić information content (AvgIpc) is 3.21. The molecule has 1 aliphatic rings. The summed E-state index contributed by atoms with van der Waals surface area (Å²) in [6, 6.07) is 17.7. The highest BCUT2D eigenvalue weighted by molar-refractivity contribution is 6.01. The van der Waals surface area contributed by atoms with Gasteiger partial charge in [0, 0.05) is 55.2 Å². The smallest absolute Gasteiger partial charge is 0.267 e. The van der Waals surface area contributed by atoms with Crippen molar-refractivity contribution < 1.29 is 9.59 Å². The van der Waals surface area contributed by atoms with Crippen molar-refractivity contribution in [2.45, 2.75) is 26.4 Å². The number of fused-ring (bicyclic) bond motifs is 1. The topological polar surface area (TPSA) is 68.4 Å². The molecule has 1 fully saturated rings. The Bertz CT molecular complexity index is 1030. The molecule has 0 unspecified atom stereocenters. The summed E-state index contributed by atoms with van der Waals surface area (Å²) in [5.74, 6) is -0.107. The van der Waals surface area contributed by atoms with Gasteiger partial charge >= 0.3 is 0 Å². The monoisotopic (exact) mass is 404 g/mol. The second-order valence-corrected chi connectivity index (χ2v) is 8.08. The predicted octanol–water partition coefficient (Wildman–Crippen LogP) is 3.26. The Kier molecular flexibility index (Phi) is 5.86. The Balaban J connectivity index is 1.43. The second-order valence-electron chi connectivity index (χ2n) is 8.08. The van der Waals surface area contributed by atoms with Crippen LogP contribution in [0.1, 0.15) is 40.3 Å². The first-order valence-electron chi connectivity index (χ1n) is 10.5. The van der Waals surface area contributed by atoms with Gasteiger partial charge in [0.1, 0.15) is 5.69 Å². The number of hydrogen-bond acceptors (Lipinski definition) is 3. The van der Waals surface area contributed by atoms with Gasteiger partial charge in [-0.15, -0.1) is 0 Å². The van der Waals surface area contributed by atoms with E-state index in [2.05, 4.69) is 29.0 Å². The van der Waals surface area contributed by atoms with Gasteiger partial charge < -0.3 is 15.2 Å². The molecule has 1 aromatic heterocycles. The zero-order valence-electron chi connectivity index (χ0n) is 17.5. The highest BCUT2D eigenvalue weighted by atomic mass is 16.2. The van der Waals surface area contributed by atoms with Crippen LogP contribution in [0.4, 0.5) is 0 Å². The van der Waals surface area contributed by atoms with Crippen LogP contribution in [0.25, 0.3) is 10.9 Å². The summed E-state index contributed by atoms with van der Waals surface area (Å²) in [7, 11) is 0. The van der Waals surface area contributed by atoms with E-state index in [1.165, 1.54) is 0 Å². The van der Waals surface area contributed by atoms with Crippen molar-refractivity contribution in [1.82, 2.24) is 20.1 Å². The molecule has 0 bridgehead atoms. The van der Waals surface area contributed by atoms with Crippen molar-refractivity contribution in [3.8, 4) is 0 Å². The average molecular weight is 405 g/mol. The third kappa shape index (κ3) is 4.39. The lowest BCUT2D eigenvalue weighted by Crippen LogP contribution is -2.50. The molecular formula is C24H28N4O2. The molecule has 2 aromatic carbocycles. The van der Waals surface area contributed by atoms with Gasteiger partial charge in [0.25, 0.3) is 11.8 Å². The molecule has 0 radical (unpaired) electrons. The fourth-order valence-electron chi connectivity index (χ4n) is 3.89. The standard InChI is InChI=1S/C24H28N4O2/c1-17(2)27-10-12-28(13-11-27)24(30)19-8-9-21-20(14-19)15-22(26-21)23(29)25-16-18-6-4-3-5-7-18/h3-9,14-15,17,26H,10-13,16H2,1-2H3,(H,25,29). The first kappa shape index (κ1) is 20.2.